The molecule has 1 aliphatic rings. The molecular formula is C29H36N8O. The van der Waals surface area contributed by atoms with Crippen molar-refractivity contribution in [2.24, 2.45) is 5.92 Å². The van der Waals surface area contributed by atoms with E-state index in [1.165, 1.54) is 19.3 Å². The van der Waals surface area contributed by atoms with Crippen molar-refractivity contribution in [1.82, 2.24) is 40.7 Å². The van der Waals surface area contributed by atoms with Gasteiger partial charge in [-0.05, 0) is 40.7 Å². The maximum absolute atomic E-state index is 13.0. The van der Waals surface area contributed by atoms with Crippen LogP contribution in [0.1, 0.15) is 80.8 Å². The molecule has 0 radical (unpaired) electrons. The van der Waals surface area contributed by atoms with Crippen molar-refractivity contribution in [3.05, 3.63) is 65.7 Å². The number of nitrogens with zero attached hydrogens (tertiary/aromatic N) is 6. The van der Waals surface area contributed by atoms with Gasteiger partial charge in [0.05, 0.1) is 0 Å². The summed E-state index contributed by atoms with van der Waals surface area (Å²) >= 11 is 0. The van der Waals surface area contributed by atoms with E-state index in [0.717, 1.165) is 60.3 Å². The number of carbonyl (C=O) groups is 1. The predicted octanol–water partition coefficient (Wildman–Crippen LogP) is 5.21. The molecule has 1 fully saturated rings. The van der Waals surface area contributed by atoms with Gasteiger partial charge in [-0.1, -0.05) is 94.5 Å². The number of tetrazole rings is 1. The van der Waals surface area contributed by atoms with Crippen LogP contribution in [0.25, 0.3) is 22.5 Å². The lowest BCUT2D eigenvalue weighted by atomic mass is 9.95. The van der Waals surface area contributed by atoms with Gasteiger partial charge in [-0.25, -0.2) is 9.67 Å². The molecule has 1 amide bonds. The molecule has 0 atom stereocenters. The molecule has 0 unspecified atom stereocenters. The Bertz CT molecular complexity index is 1320. The highest BCUT2D eigenvalue weighted by Crippen LogP contribution is 2.30. The van der Waals surface area contributed by atoms with E-state index in [9.17, 15) is 4.79 Å². The number of benzene rings is 2. The molecule has 9 nitrogen and oxygen atoms in total. The van der Waals surface area contributed by atoms with Gasteiger partial charge in [-0.3, -0.25) is 4.79 Å². The molecule has 2 aromatic heterocycles. The van der Waals surface area contributed by atoms with Crippen molar-refractivity contribution >= 4 is 5.91 Å². The van der Waals surface area contributed by atoms with Crippen LogP contribution in [0.3, 0.4) is 0 Å². The van der Waals surface area contributed by atoms with Gasteiger partial charge in [0, 0.05) is 24.6 Å². The highest BCUT2D eigenvalue weighted by atomic mass is 16.2. The first-order valence-corrected chi connectivity index (χ1v) is 13.8. The standard InChI is InChI=1S/C29H36N8O/c1-3-20(4-2)19-37-26(31-28(34-37)29(38)30-23-10-6-5-7-11-23)18-21-14-16-22(17-15-21)24-12-8-9-13-25(24)27-32-35-36-33-27/h8-9,12-17,20,23H,3-7,10-11,18-19H2,1-2H3,(H,30,38)(H,32,33,35,36). The van der Waals surface area contributed by atoms with Crippen LogP contribution in [0.5, 0.6) is 0 Å². The van der Waals surface area contributed by atoms with Crippen LogP contribution in [-0.4, -0.2) is 47.3 Å². The predicted molar refractivity (Wildman–Crippen MR) is 146 cm³/mol. The lowest BCUT2D eigenvalue weighted by Gasteiger charge is -2.21. The van der Waals surface area contributed by atoms with Crippen LogP contribution in [0.2, 0.25) is 0 Å². The van der Waals surface area contributed by atoms with Gasteiger partial charge in [-0.15, -0.1) is 15.3 Å². The minimum atomic E-state index is -0.158. The van der Waals surface area contributed by atoms with E-state index in [0.29, 0.717) is 18.2 Å². The second kappa shape index (κ2) is 12.1. The smallest absolute Gasteiger partial charge is 0.291 e. The number of hydrogen-bond acceptors (Lipinski definition) is 6. The third-order valence-corrected chi connectivity index (χ3v) is 7.62. The zero-order valence-electron chi connectivity index (χ0n) is 22.2. The Labute approximate surface area is 223 Å². The fourth-order valence-electron chi connectivity index (χ4n) is 5.23. The zero-order valence-corrected chi connectivity index (χ0v) is 22.2. The molecule has 0 saturated heterocycles. The third kappa shape index (κ3) is 5.98. The van der Waals surface area contributed by atoms with E-state index >= 15 is 0 Å². The molecular weight excluding hydrogens is 476 g/mol. The first-order valence-electron chi connectivity index (χ1n) is 13.8. The van der Waals surface area contributed by atoms with Crippen LogP contribution in [0.15, 0.2) is 48.5 Å². The Morgan fingerprint density at radius 3 is 2.45 bits per heavy atom. The van der Waals surface area contributed by atoms with Crippen LogP contribution in [0, 0.1) is 5.92 Å². The molecule has 0 aliphatic heterocycles. The second-order valence-electron chi connectivity index (χ2n) is 10.2. The van der Waals surface area contributed by atoms with Gasteiger partial charge in [0.2, 0.25) is 11.6 Å². The lowest BCUT2D eigenvalue weighted by molar-refractivity contribution is 0.0916. The minimum absolute atomic E-state index is 0.158. The summed E-state index contributed by atoms with van der Waals surface area (Å²) in [6.45, 7) is 5.17. The number of rotatable bonds is 10. The van der Waals surface area contributed by atoms with E-state index in [1.54, 1.807) is 0 Å². The Morgan fingerprint density at radius 1 is 1.03 bits per heavy atom. The van der Waals surface area contributed by atoms with Crippen LogP contribution in [0.4, 0.5) is 0 Å². The number of hydrogen-bond donors (Lipinski definition) is 2. The fourth-order valence-corrected chi connectivity index (χ4v) is 5.23. The number of carbonyl (C=O) groups excluding carboxylic acids is 1. The Morgan fingerprint density at radius 2 is 1.76 bits per heavy atom. The second-order valence-corrected chi connectivity index (χ2v) is 10.2. The minimum Gasteiger partial charge on any atom is -0.347 e. The number of aromatic amines is 1. The molecule has 2 heterocycles. The van der Waals surface area contributed by atoms with Gasteiger partial charge in [0.15, 0.2) is 0 Å². The number of nitrogens with one attached hydrogen (secondary N) is 2. The maximum atomic E-state index is 13.0. The Kier molecular flexibility index (Phi) is 8.21. The first kappa shape index (κ1) is 25.8. The van der Waals surface area contributed by atoms with E-state index in [-0.39, 0.29) is 17.8 Å². The summed E-state index contributed by atoms with van der Waals surface area (Å²) in [5.74, 6) is 2.01. The van der Waals surface area contributed by atoms with Crippen molar-refractivity contribution in [1.29, 1.82) is 0 Å². The Balaban J connectivity index is 1.37. The topological polar surface area (TPSA) is 114 Å². The van der Waals surface area contributed by atoms with Crippen LogP contribution >= 0.6 is 0 Å². The molecule has 4 aromatic rings. The highest BCUT2D eigenvalue weighted by molar-refractivity contribution is 5.90. The van der Waals surface area contributed by atoms with E-state index in [2.05, 4.69) is 75.2 Å². The summed E-state index contributed by atoms with van der Waals surface area (Å²) < 4.78 is 1.95. The van der Waals surface area contributed by atoms with E-state index in [1.807, 2.05) is 22.9 Å². The summed E-state index contributed by atoms with van der Waals surface area (Å²) in [6.07, 6.45) is 8.40. The maximum Gasteiger partial charge on any atom is 0.291 e. The summed E-state index contributed by atoms with van der Waals surface area (Å²) in [6, 6.07) is 16.7. The summed E-state index contributed by atoms with van der Waals surface area (Å²) in [4.78, 5) is 17.8. The highest BCUT2D eigenvalue weighted by Gasteiger charge is 2.22. The van der Waals surface area contributed by atoms with Crippen LogP contribution in [-0.2, 0) is 13.0 Å². The quantitative estimate of drug-likeness (QED) is 0.301. The van der Waals surface area contributed by atoms with E-state index in [4.69, 9.17) is 4.98 Å². The zero-order chi connectivity index (χ0) is 26.3. The van der Waals surface area contributed by atoms with Crippen molar-refractivity contribution in [3.8, 4) is 22.5 Å². The molecule has 1 aliphatic carbocycles. The molecule has 5 rings (SSSR count). The Hall–Kier alpha value is -3.88. The molecule has 0 spiro atoms. The molecule has 1 saturated carbocycles. The molecule has 2 N–H and O–H groups in total. The van der Waals surface area contributed by atoms with Gasteiger partial charge in [0.1, 0.15) is 5.82 Å². The number of aromatic nitrogens is 7. The fraction of sp³-hybridized carbons (Fsp3) is 0.448. The number of H-pyrrole nitrogens is 1. The molecule has 198 valence electrons. The summed E-state index contributed by atoms with van der Waals surface area (Å²) in [7, 11) is 0. The third-order valence-electron chi connectivity index (χ3n) is 7.62. The monoisotopic (exact) mass is 512 g/mol. The molecule has 2 aromatic carbocycles. The normalized spacial score (nSPS) is 14.2. The summed E-state index contributed by atoms with van der Waals surface area (Å²) in [5.41, 5.74) is 4.15. The number of amides is 1. The van der Waals surface area contributed by atoms with Crippen LogP contribution < -0.4 is 5.32 Å². The van der Waals surface area contributed by atoms with E-state index < -0.39 is 0 Å². The average Bonchev–Trinajstić information content (AvgIpc) is 3.63. The largest absolute Gasteiger partial charge is 0.347 e. The van der Waals surface area contributed by atoms with Gasteiger partial charge in [-0.2, -0.15) is 5.21 Å². The van der Waals surface area contributed by atoms with Crippen molar-refractivity contribution in [3.63, 3.8) is 0 Å². The molecule has 9 heteroatoms. The van der Waals surface area contributed by atoms with Gasteiger partial charge >= 0.3 is 0 Å². The van der Waals surface area contributed by atoms with Crippen molar-refractivity contribution in [2.75, 3.05) is 0 Å². The first-order chi connectivity index (χ1) is 18.6. The lowest BCUT2D eigenvalue weighted by Crippen LogP contribution is -2.36. The van der Waals surface area contributed by atoms with Gasteiger partial charge in [0.25, 0.3) is 5.91 Å². The average molecular weight is 513 g/mol. The molecule has 0 bridgehead atoms. The molecule has 38 heavy (non-hydrogen) atoms. The summed E-state index contributed by atoms with van der Waals surface area (Å²) in [5, 5.41) is 22.4. The SMILES string of the molecule is CCC(CC)Cn1nc(C(=O)NC2CCCCC2)nc1Cc1ccc(-c2ccccc2-c2nn[nH]n2)cc1. The van der Waals surface area contributed by atoms with Gasteiger partial charge < -0.3 is 5.32 Å². The van der Waals surface area contributed by atoms with Crippen molar-refractivity contribution in [2.45, 2.75) is 77.8 Å². The van der Waals surface area contributed by atoms with Crippen molar-refractivity contribution < 1.29 is 4.79 Å².